The van der Waals surface area contributed by atoms with E-state index in [0.29, 0.717) is 10.1 Å². The van der Waals surface area contributed by atoms with Crippen molar-refractivity contribution in [2.45, 2.75) is 45.4 Å². The highest BCUT2D eigenvalue weighted by Crippen LogP contribution is 2.24. The molecule has 6 heteroatoms. The van der Waals surface area contributed by atoms with E-state index in [2.05, 4.69) is 6.92 Å². The average molecular weight is 305 g/mol. The van der Waals surface area contributed by atoms with Gasteiger partial charge in [0.05, 0.1) is 5.75 Å². The lowest BCUT2D eigenvalue weighted by Gasteiger charge is -2.11. The minimum Gasteiger partial charge on any atom is -0.273 e. The van der Waals surface area contributed by atoms with Crippen molar-refractivity contribution in [1.82, 2.24) is 4.90 Å². The third-order valence-corrected chi connectivity index (χ3v) is 4.94. The molecule has 0 spiro atoms. The molecule has 3 nitrogen and oxygen atoms in total. The molecule has 0 N–H and O–H groups in total. The molecule has 0 unspecified atom stereocenters. The van der Waals surface area contributed by atoms with E-state index in [9.17, 15) is 9.59 Å². The van der Waals surface area contributed by atoms with Gasteiger partial charge in [-0.05, 0) is 6.42 Å². The van der Waals surface area contributed by atoms with E-state index in [0.717, 1.165) is 23.5 Å². The molecule has 102 valence electrons. The van der Waals surface area contributed by atoms with Gasteiger partial charge in [0.2, 0.25) is 5.91 Å². The Morgan fingerprint density at radius 3 is 2.61 bits per heavy atom. The summed E-state index contributed by atoms with van der Waals surface area (Å²) in [6.07, 6.45) is 7.24. The fourth-order valence-electron chi connectivity index (χ4n) is 1.64. The van der Waals surface area contributed by atoms with Gasteiger partial charge < -0.3 is 0 Å². The van der Waals surface area contributed by atoms with Crippen LogP contribution >= 0.6 is 35.7 Å². The SMILES string of the molecule is CCCCCCCCSC(=O)N1C(=O)CSC1=S. The molecule has 2 amide bonds. The molecule has 0 aromatic carbocycles. The Balaban J connectivity index is 2.10. The van der Waals surface area contributed by atoms with Crippen molar-refractivity contribution in [3.63, 3.8) is 0 Å². The Kier molecular flexibility index (Phi) is 7.93. The minimum absolute atomic E-state index is 0.176. The van der Waals surface area contributed by atoms with Crippen molar-refractivity contribution in [2.75, 3.05) is 11.5 Å². The quantitative estimate of drug-likeness (QED) is 0.524. The zero-order valence-electron chi connectivity index (χ0n) is 10.6. The molecule has 1 heterocycles. The number of amides is 2. The van der Waals surface area contributed by atoms with Crippen molar-refractivity contribution >= 4 is 51.2 Å². The van der Waals surface area contributed by atoms with Gasteiger partial charge in [0.1, 0.15) is 0 Å². The van der Waals surface area contributed by atoms with Crippen molar-refractivity contribution in [1.29, 1.82) is 0 Å². The summed E-state index contributed by atoms with van der Waals surface area (Å²) in [5.74, 6) is 0.912. The number of unbranched alkanes of at least 4 members (excludes halogenated alkanes) is 5. The molecule has 0 atom stereocenters. The number of carbonyl (C=O) groups is 2. The molecular formula is C12H19NO2S3. The van der Waals surface area contributed by atoms with Gasteiger partial charge in [-0.3, -0.25) is 9.59 Å². The number of hydrogen-bond donors (Lipinski definition) is 0. The van der Waals surface area contributed by atoms with Crippen LogP contribution in [0.5, 0.6) is 0 Å². The lowest BCUT2D eigenvalue weighted by atomic mass is 10.1. The highest BCUT2D eigenvalue weighted by atomic mass is 32.2. The monoisotopic (exact) mass is 305 g/mol. The van der Waals surface area contributed by atoms with Crippen LogP contribution in [0.4, 0.5) is 4.79 Å². The molecule has 0 aliphatic carbocycles. The number of imide groups is 1. The van der Waals surface area contributed by atoms with E-state index in [4.69, 9.17) is 12.2 Å². The summed E-state index contributed by atoms with van der Waals surface area (Å²) < 4.78 is 0.403. The van der Waals surface area contributed by atoms with E-state index >= 15 is 0 Å². The standard InChI is InChI=1S/C12H19NO2S3/c1-2-3-4-5-6-7-8-17-11(15)13-10(14)9-18-12(13)16/h2-9H2,1H3. The largest absolute Gasteiger partial charge is 0.293 e. The van der Waals surface area contributed by atoms with Gasteiger partial charge in [-0.1, -0.05) is 74.8 Å². The number of rotatable bonds is 7. The first-order valence-electron chi connectivity index (χ1n) is 6.33. The zero-order chi connectivity index (χ0) is 13.4. The smallest absolute Gasteiger partial charge is 0.273 e. The molecule has 0 bridgehead atoms. The lowest BCUT2D eigenvalue weighted by molar-refractivity contribution is -0.121. The zero-order valence-corrected chi connectivity index (χ0v) is 13.1. The van der Waals surface area contributed by atoms with Gasteiger partial charge in [0.25, 0.3) is 5.24 Å². The van der Waals surface area contributed by atoms with Gasteiger partial charge >= 0.3 is 0 Å². The van der Waals surface area contributed by atoms with Crippen molar-refractivity contribution in [2.24, 2.45) is 0 Å². The first-order chi connectivity index (χ1) is 8.66. The topological polar surface area (TPSA) is 37.4 Å². The average Bonchev–Trinajstić information content (AvgIpc) is 2.68. The van der Waals surface area contributed by atoms with Crippen LogP contribution in [-0.2, 0) is 4.79 Å². The number of thioether (sulfide) groups is 2. The first-order valence-corrected chi connectivity index (χ1v) is 8.71. The van der Waals surface area contributed by atoms with Crippen LogP contribution in [0.3, 0.4) is 0 Å². The molecular weight excluding hydrogens is 286 g/mol. The van der Waals surface area contributed by atoms with Crippen LogP contribution in [0.15, 0.2) is 0 Å². The van der Waals surface area contributed by atoms with Gasteiger partial charge in [0, 0.05) is 5.75 Å². The van der Waals surface area contributed by atoms with E-state index in [1.54, 1.807) is 0 Å². The maximum absolute atomic E-state index is 11.8. The Labute approximate surface area is 122 Å². The fraction of sp³-hybridized carbons (Fsp3) is 0.750. The van der Waals surface area contributed by atoms with E-state index < -0.39 is 0 Å². The maximum atomic E-state index is 11.8. The number of carbonyl (C=O) groups excluding carboxylic acids is 2. The van der Waals surface area contributed by atoms with Gasteiger partial charge in [-0.15, -0.1) is 0 Å². The fourth-order valence-corrected chi connectivity index (χ4v) is 3.65. The molecule has 1 fully saturated rings. The van der Waals surface area contributed by atoms with E-state index in [1.165, 1.54) is 49.2 Å². The third kappa shape index (κ3) is 5.28. The minimum atomic E-state index is -0.205. The summed E-state index contributed by atoms with van der Waals surface area (Å²) in [6.45, 7) is 2.20. The van der Waals surface area contributed by atoms with E-state index in [1.807, 2.05) is 0 Å². The Morgan fingerprint density at radius 2 is 2.00 bits per heavy atom. The Morgan fingerprint density at radius 1 is 1.33 bits per heavy atom. The van der Waals surface area contributed by atoms with Crippen LogP contribution in [0, 0.1) is 0 Å². The third-order valence-electron chi connectivity index (χ3n) is 2.66. The van der Waals surface area contributed by atoms with Crippen LogP contribution in [0.1, 0.15) is 45.4 Å². The van der Waals surface area contributed by atoms with Gasteiger partial charge in [0.15, 0.2) is 4.32 Å². The maximum Gasteiger partial charge on any atom is 0.293 e. The van der Waals surface area contributed by atoms with Crippen LogP contribution in [-0.4, -0.2) is 31.9 Å². The number of hydrogen-bond acceptors (Lipinski definition) is 5. The van der Waals surface area contributed by atoms with Gasteiger partial charge in [-0.2, -0.15) is 0 Å². The highest BCUT2D eigenvalue weighted by Gasteiger charge is 2.32. The van der Waals surface area contributed by atoms with Crippen LogP contribution in [0.25, 0.3) is 0 Å². The summed E-state index contributed by atoms with van der Waals surface area (Å²) in [5, 5.41) is -0.205. The van der Waals surface area contributed by atoms with Crippen LogP contribution in [0.2, 0.25) is 0 Å². The summed E-state index contributed by atoms with van der Waals surface area (Å²) in [4.78, 5) is 24.3. The normalized spacial score (nSPS) is 15.5. The summed E-state index contributed by atoms with van der Waals surface area (Å²) in [6, 6.07) is 0. The second-order valence-corrected chi connectivity index (χ2v) is 6.82. The van der Waals surface area contributed by atoms with Crippen LogP contribution < -0.4 is 0 Å². The molecule has 0 aromatic rings. The predicted molar refractivity (Wildman–Crippen MR) is 83.1 cm³/mol. The second-order valence-electron chi connectivity index (χ2n) is 4.17. The number of thiocarbonyl (C=S) groups is 1. The molecule has 1 rings (SSSR count). The van der Waals surface area contributed by atoms with Crippen molar-refractivity contribution < 1.29 is 9.59 Å². The Hall–Kier alpha value is -0.0700. The molecule has 1 saturated heterocycles. The predicted octanol–water partition coefficient (Wildman–Crippen LogP) is 4.06. The molecule has 1 aliphatic heterocycles. The van der Waals surface area contributed by atoms with E-state index in [-0.39, 0.29) is 11.1 Å². The molecule has 18 heavy (non-hydrogen) atoms. The molecule has 0 aromatic heterocycles. The Bertz CT molecular complexity index is 304. The lowest BCUT2D eigenvalue weighted by Crippen LogP contribution is -2.32. The molecule has 0 radical (unpaired) electrons. The summed E-state index contributed by atoms with van der Waals surface area (Å²) in [7, 11) is 0. The summed E-state index contributed by atoms with van der Waals surface area (Å²) in [5.41, 5.74) is 0. The number of nitrogens with zero attached hydrogens (tertiary/aromatic N) is 1. The second kappa shape index (κ2) is 8.93. The van der Waals surface area contributed by atoms with Gasteiger partial charge in [-0.25, -0.2) is 4.90 Å². The molecule has 1 aliphatic rings. The first kappa shape index (κ1) is 16.0. The highest BCUT2D eigenvalue weighted by molar-refractivity contribution is 8.24. The molecule has 0 saturated carbocycles. The van der Waals surface area contributed by atoms with Crippen molar-refractivity contribution in [3.8, 4) is 0 Å². The van der Waals surface area contributed by atoms with Crippen molar-refractivity contribution in [3.05, 3.63) is 0 Å². The summed E-state index contributed by atoms with van der Waals surface area (Å²) >= 11 is 7.46.